The molecule has 0 radical (unpaired) electrons. The Morgan fingerprint density at radius 2 is 1.79 bits per heavy atom. The van der Waals surface area contributed by atoms with Crippen molar-refractivity contribution in [3.05, 3.63) is 52.1 Å². The van der Waals surface area contributed by atoms with E-state index in [1.165, 1.54) is 0 Å². The number of benzene rings is 2. The van der Waals surface area contributed by atoms with Crippen LogP contribution in [0.2, 0.25) is 0 Å². The van der Waals surface area contributed by atoms with E-state index in [0.29, 0.717) is 34.1 Å². The van der Waals surface area contributed by atoms with Gasteiger partial charge in [0.1, 0.15) is 22.9 Å². The number of halogens is 1. The fourth-order valence-electron chi connectivity index (χ4n) is 2.44. The lowest BCUT2D eigenvalue weighted by molar-refractivity contribution is 0.403. The summed E-state index contributed by atoms with van der Waals surface area (Å²) in [6.45, 7) is 3.67. The van der Waals surface area contributed by atoms with E-state index in [2.05, 4.69) is 26.1 Å². The Balaban J connectivity index is 2.04. The van der Waals surface area contributed by atoms with Gasteiger partial charge in [0.15, 0.2) is 5.75 Å². The maximum Gasteiger partial charge on any atom is 0.176 e. The van der Waals surface area contributed by atoms with Gasteiger partial charge in [0.25, 0.3) is 0 Å². The molecular formula is C18H17BrN2O3. The van der Waals surface area contributed by atoms with Crippen molar-refractivity contribution in [3.63, 3.8) is 0 Å². The maximum atomic E-state index is 10.5. The number of H-pyrrole nitrogens is 1. The molecule has 1 aromatic heterocycles. The molecule has 0 atom stereocenters. The topological polar surface area (TPSA) is 67.4 Å². The molecule has 0 aliphatic rings. The number of hydrogen-bond acceptors (Lipinski definition) is 4. The van der Waals surface area contributed by atoms with E-state index < -0.39 is 0 Å². The van der Waals surface area contributed by atoms with Crippen LogP contribution in [0.1, 0.15) is 11.3 Å². The molecule has 0 unspecified atom stereocenters. The number of rotatable bonds is 4. The number of nitrogens with zero attached hydrogens (tertiary/aromatic N) is 1. The highest BCUT2D eigenvalue weighted by molar-refractivity contribution is 9.10. The fourth-order valence-corrected chi connectivity index (χ4v) is 2.71. The molecule has 0 amide bonds. The number of phenolic OH excluding ortho intramolecular Hbond substituents is 1. The predicted molar refractivity (Wildman–Crippen MR) is 95.9 cm³/mol. The van der Waals surface area contributed by atoms with Crippen LogP contribution in [0.15, 0.2) is 40.9 Å². The number of phenols is 1. The zero-order valence-electron chi connectivity index (χ0n) is 13.6. The van der Waals surface area contributed by atoms with E-state index >= 15 is 0 Å². The van der Waals surface area contributed by atoms with Gasteiger partial charge in [0, 0.05) is 15.6 Å². The second kappa shape index (κ2) is 6.57. The Labute approximate surface area is 148 Å². The van der Waals surface area contributed by atoms with Gasteiger partial charge < -0.3 is 14.6 Å². The van der Waals surface area contributed by atoms with Crippen LogP contribution in [0, 0.1) is 13.8 Å². The number of methoxy groups -OCH3 is 1. The third kappa shape index (κ3) is 2.97. The summed E-state index contributed by atoms with van der Waals surface area (Å²) in [4.78, 5) is 0. The Hall–Kier alpha value is -2.47. The normalized spacial score (nSPS) is 10.7. The summed E-state index contributed by atoms with van der Waals surface area (Å²) in [5.74, 6) is 2.02. The Bertz CT molecular complexity index is 873. The Morgan fingerprint density at radius 3 is 2.46 bits per heavy atom. The number of aromatic hydroxyl groups is 1. The molecule has 124 valence electrons. The van der Waals surface area contributed by atoms with Crippen LogP contribution in [0.3, 0.4) is 0 Å². The van der Waals surface area contributed by atoms with Gasteiger partial charge in [-0.25, -0.2) is 0 Å². The summed E-state index contributed by atoms with van der Waals surface area (Å²) in [6.07, 6.45) is 0. The number of aromatic amines is 1. The fraction of sp³-hybridized carbons (Fsp3) is 0.167. The summed E-state index contributed by atoms with van der Waals surface area (Å²) in [6, 6.07) is 11.1. The molecule has 3 aromatic rings. The molecule has 0 aliphatic heterocycles. The number of ether oxygens (including phenoxy) is 2. The van der Waals surface area contributed by atoms with Crippen molar-refractivity contribution in [2.24, 2.45) is 0 Å². The van der Waals surface area contributed by atoms with Gasteiger partial charge in [-0.1, -0.05) is 15.9 Å². The molecule has 0 aliphatic carbocycles. The first kappa shape index (κ1) is 16.4. The SMILES string of the molecule is COc1ccc(-c2n[nH]c(C)c2Oc2ccc(Br)cc2)c(O)c1C. The number of aromatic nitrogens is 2. The first-order valence-corrected chi connectivity index (χ1v) is 8.16. The van der Waals surface area contributed by atoms with Crippen molar-refractivity contribution < 1.29 is 14.6 Å². The molecule has 5 nitrogen and oxygen atoms in total. The molecule has 3 rings (SSSR count). The van der Waals surface area contributed by atoms with E-state index in [1.807, 2.05) is 31.2 Å². The summed E-state index contributed by atoms with van der Waals surface area (Å²) < 4.78 is 12.2. The molecule has 2 aromatic carbocycles. The number of hydrogen-bond donors (Lipinski definition) is 2. The second-order valence-corrected chi connectivity index (χ2v) is 6.29. The van der Waals surface area contributed by atoms with Gasteiger partial charge in [0.2, 0.25) is 0 Å². The van der Waals surface area contributed by atoms with Crippen molar-refractivity contribution in [3.8, 4) is 34.3 Å². The minimum atomic E-state index is 0.126. The van der Waals surface area contributed by atoms with Gasteiger partial charge in [0.05, 0.1) is 12.8 Å². The van der Waals surface area contributed by atoms with Crippen LogP contribution in [-0.4, -0.2) is 22.4 Å². The minimum absolute atomic E-state index is 0.126. The summed E-state index contributed by atoms with van der Waals surface area (Å²) >= 11 is 3.40. The summed E-state index contributed by atoms with van der Waals surface area (Å²) in [7, 11) is 1.57. The van der Waals surface area contributed by atoms with Gasteiger partial charge in [-0.2, -0.15) is 5.10 Å². The van der Waals surface area contributed by atoms with Crippen LogP contribution < -0.4 is 9.47 Å². The molecular weight excluding hydrogens is 372 g/mol. The van der Waals surface area contributed by atoms with Crippen LogP contribution >= 0.6 is 15.9 Å². The molecule has 0 saturated carbocycles. The first-order valence-electron chi connectivity index (χ1n) is 7.36. The third-order valence-electron chi connectivity index (χ3n) is 3.78. The average molecular weight is 389 g/mol. The zero-order valence-corrected chi connectivity index (χ0v) is 15.1. The molecule has 0 spiro atoms. The molecule has 0 fully saturated rings. The highest BCUT2D eigenvalue weighted by atomic mass is 79.9. The smallest absolute Gasteiger partial charge is 0.176 e. The molecule has 0 saturated heterocycles. The molecule has 2 N–H and O–H groups in total. The van der Waals surface area contributed by atoms with Gasteiger partial charge in [-0.3, -0.25) is 5.10 Å². The Morgan fingerprint density at radius 1 is 1.08 bits per heavy atom. The monoisotopic (exact) mass is 388 g/mol. The quantitative estimate of drug-likeness (QED) is 0.662. The summed E-state index contributed by atoms with van der Waals surface area (Å²) in [5, 5.41) is 17.7. The number of aryl methyl sites for hydroxylation is 1. The average Bonchev–Trinajstić information content (AvgIpc) is 2.93. The minimum Gasteiger partial charge on any atom is -0.507 e. The first-order chi connectivity index (χ1) is 11.5. The summed E-state index contributed by atoms with van der Waals surface area (Å²) in [5.41, 5.74) is 2.58. The van der Waals surface area contributed by atoms with Crippen LogP contribution in [0.5, 0.6) is 23.0 Å². The lowest BCUT2D eigenvalue weighted by Gasteiger charge is -2.12. The second-order valence-electron chi connectivity index (χ2n) is 5.37. The maximum absolute atomic E-state index is 10.5. The van der Waals surface area contributed by atoms with E-state index in [0.717, 1.165) is 10.2 Å². The molecule has 1 heterocycles. The standard InChI is InChI=1S/C18H17BrN2O3/c1-10-15(23-3)9-8-14(17(10)22)16-18(11(2)20-21-16)24-13-6-4-12(19)5-7-13/h4-9,22H,1-3H3,(H,20,21). The van der Waals surface area contributed by atoms with Crippen molar-refractivity contribution in [1.29, 1.82) is 0 Å². The highest BCUT2D eigenvalue weighted by Gasteiger charge is 2.20. The van der Waals surface area contributed by atoms with Crippen LogP contribution in [0.25, 0.3) is 11.3 Å². The van der Waals surface area contributed by atoms with Gasteiger partial charge in [-0.15, -0.1) is 0 Å². The third-order valence-corrected chi connectivity index (χ3v) is 4.31. The largest absolute Gasteiger partial charge is 0.507 e. The van der Waals surface area contributed by atoms with Gasteiger partial charge >= 0.3 is 0 Å². The molecule has 6 heteroatoms. The van der Waals surface area contributed by atoms with Crippen LogP contribution in [0.4, 0.5) is 0 Å². The van der Waals surface area contributed by atoms with E-state index in [1.54, 1.807) is 26.2 Å². The lowest BCUT2D eigenvalue weighted by Crippen LogP contribution is -1.92. The lowest BCUT2D eigenvalue weighted by atomic mass is 10.0. The number of nitrogens with one attached hydrogen (secondary N) is 1. The highest BCUT2D eigenvalue weighted by Crippen LogP contribution is 2.42. The molecule has 0 bridgehead atoms. The zero-order chi connectivity index (χ0) is 17.3. The molecule has 24 heavy (non-hydrogen) atoms. The van der Waals surface area contributed by atoms with Crippen molar-refractivity contribution in [1.82, 2.24) is 10.2 Å². The predicted octanol–water partition coefficient (Wildman–Crippen LogP) is 4.96. The van der Waals surface area contributed by atoms with E-state index in [4.69, 9.17) is 9.47 Å². The van der Waals surface area contributed by atoms with Crippen molar-refractivity contribution >= 4 is 15.9 Å². The van der Waals surface area contributed by atoms with Crippen LogP contribution in [-0.2, 0) is 0 Å². The van der Waals surface area contributed by atoms with Crippen molar-refractivity contribution in [2.45, 2.75) is 13.8 Å². The van der Waals surface area contributed by atoms with Gasteiger partial charge in [-0.05, 0) is 50.2 Å². The Kier molecular flexibility index (Phi) is 4.49. The van der Waals surface area contributed by atoms with E-state index in [9.17, 15) is 5.11 Å². The van der Waals surface area contributed by atoms with E-state index in [-0.39, 0.29) is 5.75 Å². The van der Waals surface area contributed by atoms with Crippen molar-refractivity contribution in [2.75, 3.05) is 7.11 Å².